The van der Waals surface area contributed by atoms with E-state index in [1.807, 2.05) is 13.8 Å². The summed E-state index contributed by atoms with van der Waals surface area (Å²) in [6.45, 7) is 3.91. The van der Waals surface area contributed by atoms with Gasteiger partial charge < -0.3 is 16.2 Å². The Morgan fingerprint density at radius 3 is 2.69 bits per heavy atom. The molecule has 4 heteroatoms. The number of hydrogen-bond acceptors (Lipinski definition) is 3. The van der Waals surface area contributed by atoms with Crippen LogP contribution in [0.15, 0.2) is 24.3 Å². The second-order valence-corrected chi connectivity index (χ2v) is 3.92. The van der Waals surface area contributed by atoms with Gasteiger partial charge in [0.05, 0.1) is 11.7 Å². The fourth-order valence-corrected chi connectivity index (χ4v) is 1.31. The van der Waals surface area contributed by atoms with Gasteiger partial charge in [0.15, 0.2) is 0 Å². The lowest BCUT2D eigenvalue weighted by Crippen LogP contribution is -2.40. The second-order valence-electron chi connectivity index (χ2n) is 3.92. The number of hydrogen-bond donors (Lipinski definition) is 3. The Morgan fingerprint density at radius 1 is 1.50 bits per heavy atom. The maximum atomic E-state index is 11.7. The molecule has 2 atom stereocenters. The summed E-state index contributed by atoms with van der Waals surface area (Å²) in [6, 6.07) is 6.04. The molecule has 1 aromatic carbocycles. The number of phenolic OH excluding ortho intramolecular Hbond substituents is 1. The molecule has 1 amide bonds. The van der Waals surface area contributed by atoms with Crippen LogP contribution in [0.1, 0.15) is 20.3 Å². The third kappa shape index (κ3) is 2.97. The lowest BCUT2D eigenvalue weighted by atomic mass is 9.99. The number of carbonyl (C=O) groups excluding carboxylic acids is 1. The first-order valence-corrected chi connectivity index (χ1v) is 5.40. The van der Waals surface area contributed by atoms with Crippen LogP contribution in [0.25, 0.3) is 0 Å². The maximum absolute atomic E-state index is 11.7. The van der Waals surface area contributed by atoms with Crippen molar-refractivity contribution in [3.8, 4) is 5.75 Å². The van der Waals surface area contributed by atoms with Gasteiger partial charge in [-0.05, 0) is 18.1 Å². The minimum atomic E-state index is -0.551. The number of benzene rings is 1. The molecular formula is C12H18N2O2. The number of rotatable bonds is 4. The molecule has 0 spiro atoms. The minimum Gasteiger partial charge on any atom is -0.506 e. The van der Waals surface area contributed by atoms with E-state index in [1.54, 1.807) is 18.2 Å². The number of amides is 1. The van der Waals surface area contributed by atoms with Gasteiger partial charge in [-0.25, -0.2) is 0 Å². The molecule has 16 heavy (non-hydrogen) atoms. The molecule has 2 unspecified atom stereocenters. The molecule has 1 aromatic rings. The third-order valence-corrected chi connectivity index (χ3v) is 2.72. The SMILES string of the molecule is CCC(C)C(N)C(=O)Nc1ccccc1O. The largest absolute Gasteiger partial charge is 0.506 e. The summed E-state index contributed by atoms with van der Waals surface area (Å²) >= 11 is 0. The normalized spacial score (nSPS) is 14.2. The first-order chi connectivity index (χ1) is 7.56. The van der Waals surface area contributed by atoms with E-state index in [2.05, 4.69) is 5.32 Å². The quantitative estimate of drug-likeness (QED) is 0.679. The standard InChI is InChI=1S/C12H18N2O2/c1-3-8(2)11(13)12(16)14-9-6-4-5-7-10(9)15/h4-8,11,15H,3,13H2,1-2H3,(H,14,16). The Morgan fingerprint density at radius 2 is 2.12 bits per heavy atom. The van der Waals surface area contributed by atoms with E-state index in [4.69, 9.17) is 5.73 Å². The number of phenols is 1. The molecule has 1 rings (SSSR count). The lowest BCUT2D eigenvalue weighted by Gasteiger charge is -2.17. The maximum Gasteiger partial charge on any atom is 0.241 e. The van der Waals surface area contributed by atoms with E-state index in [-0.39, 0.29) is 17.6 Å². The molecule has 0 aliphatic carbocycles. The Balaban J connectivity index is 2.68. The summed E-state index contributed by atoms with van der Waals surface area (Å²) in [4.78, 5) is 11.7. The molecule has 0 aromatic heterocycles. The molecule has 4 N–H and O–H groups in total. The zero-order valence-electron chi connectivity index (χ0n) is 9.60. The van der Waals surface area contributed by atoms with Gasteiger partial charge in [0, 0.05) is 0 Å². The fraction of sp³-hybridized carbons (Fsp3) is 0.417. The van der Waals surface area contributed by atoms with Crippen LogP contribution in [0.4, 0.5) is 5.69 Å². The van der Waals surface area contributed by atoms with Crippen LogP contribution in [-0.4, -0.2) is 17.1 Å². The average Bonchev–Trinajstić information content (AvgIpc) is 2.30. The minimum absolute atomic E-state index is 0.0483. The number of carbonyl (C=O) groups is 1. The van der Waals surface area contributed by atoms with Crippen molar-refractivity contribution in [2.24, 2.45) is 11.7 Å². The predicted octanol–water partition coefficient (Wildman–Crippen LogP) is 1.70. The smallest absolute Gasteiger partial charge is 0.241 e. The van der Waals surface area contributed by atoms with Crippen molar-refractivity contribution < 1.29 is 9.90 Å². The number of nitrogens with one attached hydrogen (secondary N) is 1. The Hall–Kier alpha value is -1.55. The van der Waals surface area contributed by atoms with Crippen LogP contribution in [0.2, 0.25) is 0 Å². The lowest BCUT2D eigenvalue weighted by molar-refractivity contribution is -0.118. The van der Waals surface area contributed by atoms with Gasteiger partial charge in [0.25, 0.3) is 0 Å². The zero-order valence-corrected chi connectivity index (χ0v) is 9.60. The number of aromatic hydroxyl groups is 1. The van der Waals surface area contributed by atoms with Gasteiger partial charge in [-0.3, -0.25) is 4.79 Å². The topological polar surface area (TPSA) is 75.4 Å². The van der Waals surface area contributed by atoms with Crippen molar-refractivity contribution >= 4 is 11.6 Å². The highest BCUT2D eigenvalue weighted by Crippen LogP contribution is 2.22. The van der Waals surface area contributed by atoms with Crippen LogP contribution in [-0.2, 0) is 4.79 Å². The van der Waals surface area contributed by atoms with Gasteiger partial charge >= 0.3 is 0 Å². The Labute approximate surface area is 95.5 Å². The highest BCUT2D eigenvalue weighted by molar-refractivity contribution is 5.96. The van der Waals surface area contributed by atoms with Crippen molar-refractivity contribution in [2.45, 2.75) is 26.3 Å². The van der Waals surface area contributed by atoms with Crippen LogP contribution in [0.3, 0.4) is 0 Å². The monoisotopic (exact) mass is 222 g/mol. The summed E-state index contributed by atoms with van der Waals surface area (Å²) in [7, 11) is 0. The van der Waals surface area contributed by atoms with Gasteiger partial charge in [0.1, 0.15) is 5.75 Å². The summed E-state index contributed by atoms with van der Waals surface area (Å²) in [5.74, 6) is -0.103. The number of anilines is 1. The molecule has 0 heterocycles. The molecule has 0 aliphatic rings. The highest BCUT2D eigenvalue weighted by atomic mass is 16.3. The number of para-hydroxylation sites is 2. The first kappa shape index (κ1) is 12.5. The molecular weight excluding hydrogens is 204 g/mol. The van der Waals surface area contributed by atoms with Gasteiger partial charge in [-0.1, -0.05) is 32.4 Å². The van der Waals surface area contributed by atoms with E-state index < -0.39 is 6.04 Å². The second kappa shape index (κ2) is 5.51. The fourth-order valence-electron chi connectivity index (χ4n) is 1.31. The Bertz CT molecular complexity index is 366. The van der Waals surface area contributed by atoms with Gasteiger partial charge in [-0.15, -0.1) is 0 Å². The average molecular weight is 222 g/mol. The molecule has 0 bridgehead atoms. The molecule has 0 aliphatic heterocycles. The van der Waals surface area contributed by atoms with Gasteiger partial charge in [0.2, 0.25) is 5.91 Å². The van der Waals surface area contributed by atoms with Crippen LogP contribution >= 0.6 is 0 Å². The Kier molecular flexibility index (Phi) is 4.31. The van der Waals surface area contributed by atoms with Crippen molar-refractivity contribution in [3.05, 3.63) is 24.3 Å². The van der Waals surface area contributed by atoms with E-state index in [1.165, 1.54) is 6.07 Å². The molecule has 0 radical (unpaired) electrons. The third-order valence-electron chi connectivity index (χ3n) is 2.72. The molecule has 0 fully saturated rings. The van der Waals surface area contributed by atoms with Crippen molar-refractivity contribution in [3.63, 3.8) is 0 Å². The molecule has 88 valence electrons. The van der Waals surface area contributed by atoms with E-state index in [0.29, 0.717) is 5.69 Å². The van der Waals surface area contributed by atoms with Crippen molar-refractivity contribution in [1.82, 2.24) is 0 Å². The van der Waals surface area contributed by atoms with E-state index in [0.717, 1.165) is 6.42 Å². The summed E-state index contributed by atoms with van der Waals surface area (Å²) in [5, 5.41) is 12.1. The van der Waals surface area contributed by atoms with Crippen LogP contribution in [0.5, 0.6) is 5.75 Å². The molecule has 0 saturated heterocycles. The van der Waals surface area contributed by atoms with E-state index in [9.17, 15) is 9.90 Å². The molecule has 0 saturated carbocycles. The van der Waals surface area contributed by atoms with Crippen molar-refractivity contribution in [1.29, 1.82) is 0 Å². The van der Waals surface area contributed by atoms with Crippen LogP contribution in [0, 0.1) is 5.92 Å². The van der Waals surface area contributed by atoms with Gasteiger partial charge in [-0.2, -0.15) is 0 Å². The van der Waals surface area contributed by atoms with Crippen molar-refractivity contribution in [2.75, 3.05) is 5.32 Å². The molecule has 4 nitrogen and oxygen atoms in total. The first-order valence-electron chi connectivity index (χ1n) is 5.40. The zero-order chi connectivity index (χ0) is 12.1. The highest BCUT2D eigenvalue weighted by Gasteiger charge is 2.19. The number of nitrogens with two attached hydrogens (primary N) is 1. The predicted molar refractivity (Wildman–Crippen MR) is 64.2 cm³/mol. The van der Waals surface area contributed by atoms with Crippen LogP contribution < -0.4 is 11.1 Å². The van der Waals surface area contributed by atoms with E-state index >= 15 is 0 Å². The summed E-state index contributed by atoms with van der Waals surface area (Å²) in [5.41, 5.74) is 6.17. The summed E-state index contributed by atoms with van der Waals surface area (Å²) < 4.78 is 0. The summed E-state index contributed by atoms with van der Waals surface area (Å²) in [6.07, 6.45) is 0.843.